The molecule has 0 unspecified atom stereocenters. The normalized spacial score (nSPS) is 17.9. The van der Waals surface area contributed by atoms with Gasteiger partial charge in [0.05, 0.1) is 5.52 Å². The molecule has 1 fully saturated rings. The standard InChI is InChI=1S/C13H17N3/c1-16-12(8-13(9-14)6-7-13)10-4-2-3-5-11(10)15-16/h2-5H,6-9,14H2,1H3. The van der Waals surface area contributed by atoms with Crippen LogP contribution in [0.15, 0.2) is 24.3 Å². The lowest BCUT2D eigenvalue weighted by Gasteiger charge is -2.12. The zero-order chi connectivity index (χ0) is 11.2. The van der Waals surface area contributed by atoms with Gasteiger partial charge in [-0.1, -0.05) is 18.2 Å². The molecule has 16 heavy (non-hydrogen) atoms. The predicted octanol–water partition coefficient (Wildman–Crippen LogP) is 1.85. The van der Waals surface area contributed by atoms with Crippen molar-refractivity contribution in [2.45, 2.75) is 19.3 Å². The van der Waals surface area contributed by atoms with Gasteiger partial charge in [-0.3, -0.25) is 4.68 Å². The average Bonchev–Trinajstić information content (AvgIpc) is 3.01. The SMILES string of the molecule is Cn1nc2ccccc2c1CC1(CN)CC1. The van der Waals surface area contributed by atoms with Crippen LogP contribution in [0, 0.1) is 5.41 Å². The highest BCUT2D eigenvalue weighted by atomic mass is 15.3. The van der Waals surface area contributed by atoms with E-state index >= 15 is 0 Å². The third-order valence-corrected chi connectivity index (χ3v) is 3.80. The molecule has 0 aliphatic heterocycles. The molecule has 1 saturated carbocycles. The minimum absolute atomic E-state index is 0.372. The van der Waals surface area contributed by atoms with Crippen LogP contribution in [0.1, 0.15) is 18.5 Å². The number of fused-ring (bicyclic) bond motifs is 1. The number of benzene rings is 1. The fraction of sp³-hybridized carbons (Fsp3) is 0.462. The Kier molecular flexibility index (Phi) is 2.04. The van der Waals surface area contributed by atoms with Crippen molar-refractivity contribution in [3.05, 3.63) is 30.0 Å². The molecule has 0 amide bonds. The molecule has 3 nitrogen and oxygen atoms in total. The van der Waals surface area contributed by atoms with Gasteiger partial charge in [0.2, 0.25) is 0 Å². The van der Waals surface area contributed by atoms with Crippen molar-refractivity contribution in [3.8, 4) is 0 Å². The summed E-state index contributed by atoms with van der Waals surface area (Å²) in [7, 11) is 2.03. The maximum atomic E-state index is 5.85. The lowest BCUT2D eigenvalue weighted by atomic mass is 9.98. The third-order valence-electron chi connectivity index (χ3n) is 3.80. The molecule has 3 rings (SSSR count). The number of hydrogen-bond acceptors (Lipinski definition) is 2. The van der Waals surface area contributed by atoms with Crippen molar-refractivity contribution >= 4 is 10.9 Å². The van der Waals surface area contributed by atoms with E-state index in [1.807, 2.05) is 17.8 Å². The summed E-state index contributed by atoms with van der Waals surface area (Å²) in [6.45, 7) is 0.798. The first-order valence-electron chi connectivity index (χ1n) is 5.85. The van der Waals surface area contributed by atoms with E-state index in [0.29, 0.717) is 5.41 Å². The van der Waals surface area contributed by atoms with Gasteiger partial charge in [0.1, 0.15) is 0 Å². The second-order valence-electron chi connectivity index (χ2n) is 4.97. The molecule has 0 saturated heterocycles. The summed E-state index contributed by atoms with van der Waals surface area (Å²) in [6.07, 6.45) is 3.60. The highest BCUT2D eigenvalue weighted by Crippen LogP contribution is 2.47. The van der Waals surface area contributed by atoms with Crippen LogP contribution in [-0.4, -0.2) is 16.3 Å². The van der Waals surface area contributed by atoms with Crippen molar-refractivity contribution in [2.24, 2.45) is 18.2 Å². The Morgan fingerprint density at radius 1 is 1.38 bits per heavy atom. The van der Waals surface area contributed by atoms with Crippen LogP contribution in [0.3, 0.4) is 0 Å². The van der Waals surface area contributed by atoms with E-state index in [2.05, 4.69) is 23.3 Å². The molecule has 1 heterocycles. The fourth-order valence-electron chi connectivity index (χ4n) is 2.40. The van der Waals surface area contributed by atoms with Gasteiger partial charge in [-0.15, -0.1) is 0 Å². The predicted molar refractivity (Wildman–Crippen MR) is 65.1 cm³/mol. The van der Waals surface area contributed by atoms with E-state index in [4.69, 9.17) is 5.73 Å². The lowest BCUT2D eigenvalue weighted by molar-refractivity contribution is 0.500. The average molecular weight is 215 g/mol. The minimum Gasteiger partial charge on any atom is -0.330 e. The van der Waals surface area contributed by atoms with Crippen molar-refractivity contribution in [1.82, 2.24) is 9.78 Å². The maximum Gasteiger partial charge on any atom is 0.0926 e. The Morgan fingerprint density at radius 3 is 2.81 bits per heavy atom. The maximum absolute atomic E-state index is 5.85. The van der Waals surface area contributed by atoms with Crippen LogP contribution in [-0.2, 0) is 13.5 Å². The Hall–Kier alpha value is -1.35. The van der Waals surface area contributed by atoms with E-state index in [1.165, 1.54) is 23.9 Å². The van der Waals surface area contributed by atoms with E-state index in [0.717, 1.165) is 18.5 Å². The number of rotatable bonds is 3. The summed E-state index contributed by atoms with van der Waals surface area (Å²) in [5.74, 6) is 0. The Balaban J connectivity index is 2.05. The molecule has 0 spiro atoms. The van der Waals surface area contributed by atoms with Gasteiger partial charge in [-0.25, -0.2) is 0 Å². The van der Waals surface area contributed by atoms with Gasteiger partial charge in [0, 0.05) is 18.1 Å². The highest BCUT2D eigenvalue weighted by Gasteiger charge is 2.42. The molecule has 1 aliphatic rings. The Labute approximate surface area is 95.2 Å². The molecule has 1 aliphatic carbocycles. The molecule has 0 atom stereocenters. The quantitative estimate of drug-likeness (QED) is 0.849. The number of aryl methyl sites for hydroxylation is 1. The molecule has 3 heteroatoms. The van der Waals surface area contributed by atoms with Crippen LogP contribution in [0.5, 0.6) is 0 Å². The summed E-state index contributed by atoms with van der Waals surface area (Å²) in [5, 5.41) is 5.82. The summed E-state index contributed by atoms with van der Waals surface area (Å²) >= 11 is 0. The highest BCUT2D eigenvalue weighted by molar-refractivity contribution is 5.81. The molecule has 2 N–H and O–H groups in total. The second-order valence-corrected chi connectivity index (χ2v) is 4.97. The van der Waals surface area contributed by atoms with E-state index in [1.54, 1.807) is 0 Å². The van der Waals surface area contributed by atoms with Crippen LogP contribution >= 0.6 is 0 Å². The molecule has 0 bridgehead atoms. The first-order chi connectivity index (χ1) is 7.74. The third kappa shape index (κ3) is 1.43. The van der Waals surface area contributed by atoms with Crippen LogP contribution in [0.25, 0.3) is 10.9 Å². The summed E-state index contributed by atoms with van der Waals surface area (Å²) < 4.78 is 2.01. The first-order valence-corrected chi connectivity index (χ1v) is 5.85. The van der Waals surface area contributed by atoms with Gasteiger partial charge >= 0.3 is 0 Å². The zero-order valence-electron chi connectivity index (χ0n) is 9.61. The summed E-state index contributed by atoms with van der Waals surface area (Å²) in [6, 6.07) is 8.34. The number of aromatic nitrogens is 2. The molecule has 1 aromatic carbocycles. The van der Waals surface area contributed by atoms with E-state index < -0.39 is 0 Å². The second kappa shape index (κ2) is 3.32. The van der Waals surface area contributed by atoms with Crippen molar-refractivity contribution in [1.29, 1.82) is 0 Å². The van der Waals surface area contributed by atoms with Crippen LogP contribution in [0.4, 0.5) is 0 Å². The lowest BCUT2D eigenvalue weighted by Crippen LogP contribution is -2.19. The zero-order valence-corrected chi connectivity index (χ0v) is 9.61. The van der Waals surface area contributed by atoms with Gasteiger partial charge in [-0.2, -0.15) is 5.10 Å². The monoisotopic (exact) mass is 215 g/mol. The van der Waals surface area contributed by atoms with Crippen LogP contribution < -0.4 is 5.73 Å². The van der Waals surface area contributed by atoms with Crippen LogP contribution in [0.2, 0.25) is 0 Å². The smallest absolute Gasteiger partial charge is 0.0926 e. The first kappa shape index (κ1) is 9.85. The number of nitrogens with zero attached hydrogens (tertiary/aromatic N) is 2. The molecular weight excluding hydrogens is 198 g/mol. The van der Waals surface area contributed by atoms with Gasteiger partial charge in [0.15, 0.2) is 0 Å². The minimum atomic E-state index is 0.372. The van der Waals surface area contributed by atoms with Gasteiger partial charge in [-0.05, 0) is 37.3 Å². The fourth-order valence-corrected chi connectivity index (χ4v) is 2.40. The van der Waals surface area contributed by atoms with Crippen molar-refractivity contribution < 1.29 is 0 Å². The van der Waals surface area contributed by atoms with Crippen molar-refractivity contribution in [3.63, 3.8) is 0 Å². The molecule has 84 valence electrons. The molecular formula is C13H17N3. The van der Waals surface area contributed by atoms with Crippen molar-refractivity contribution in [2.75, 3.05) is 6.54 Å². The number of hydrogen-bond donors (Lipinski definition) is 1. The van der Waals surface area contributed by atoms with E-state index in [9.17, 15) is 0 Å². The summed E-state index contributed by atoms with van der Waals surface area (Å²) in [4.78, 5) is 0. The van der Waals surface area contributed by atoms with Gasteiger partial charge < -0.3 is 5.73 Å². The van der Waals surface area contributed by atoms with Gasteiger partial charge in [0.25, 0.3) is 0 Å². The largest absolute Gasteiger partial charge is 0.330 e. The Morgan fingerprint density at radius 2 is 2.12 bits per heavy atom. The summed E-state index contributed by atoms with van der Waals surface area (Å²) in [5.41, 5.74) is 8.64. The van der Waals surface area contributed by atoms with E-state index in [-0.39, 0.29) is 0 Å². The molecule has 2 aromatic rings. The Bertz CT molecular complexity index is 523. The topological polar surface area (TPSA) is 43.8 Å². The molecule has 1 aromatic heterocycles. The molecule has 0 radical (unpaired) electrons. The number of nitrogens with two attached hydrogens (primary N) is 1.